The molecule has 0 amide bonds. The van der Waals surface area contributed by atoms with Gasteiger partial charge in [-0.1, -0.05) is 18.2 Å². The Bertz CT molecular complexity index is 198. The van der Waals surface area contributed by atoms with Crippen LogP contribution >= 0.6 is 0 Å². The average molecular weight is 150 g/mol. The lowest BCUT2D eigenvalue weighted by Crippen LogP contribution is -2.16. The van der Waals surface area contributed by atoms with E-state index in [4.69, 9.17) is 4.74 Å². The molecule has 2 nitrogen and oxygen atoms in total. The van der Waals surface area contributed by atoms with Crippen molar-refractivity contribution in [1.29, 1.82) is 0 Å². The molecular weight excluding hydrogens is 138 g/mol. The summed E-state index contributed by atoms with van der Waals surface area (Å²) in [6.45, 7) is 1.95. The Morgan fingerprint density at radius 3 is 2.91 bits per heavy atom. The van der Waals surface area contributed by atoms with Crippen LogP contribution in [0.25, 0.3) is 0 Å². The summed E-state index contributed by atoms with van der Waals surface area (Å²) in [6, 6.07) is 10.8. The second-order valence-electron chi connectivity index (χ2n) is 2.30. The molecule has 1 unspecified atom stereocenters. The summed E-state index contributed by atoms with van der Waals surface area (Å²) >= 11 is 0. The summed E-state index contributed by atoms with van der Waals surface area (Å²) in [4.78, 5) is 0. The van der Waals surface area contributed by atoms with Gasteiger partial charge in [-0.05, 0) is 13.0 Å². The summed E-state index contributed by atoms with van der Waals surface area (Å²) in [5, 5.41) is 3.11. The predicted molar refractivity (Wildman–Crippen MR) is 45.4 cm³/mol. The zero-order valence-electron chi connectivity index (χ0n) is 6.79. The minimum Gasteiger partial charge on any atom is -0.362 e. The first-order chi connectivity index (χ1) is 5.33. The van der Waals surface area contributed by atoms with Gasteiger partial charge in [0.15, 0.2) is 0 Å². The van der Waals surface area contributed by atoms with Gasteiger partial charge in [-0.3, -0.25) is 0 Å². The van der Waals surface area contributed by atoms with Crippen LogP contribution < -0.4 is 5.32 Å². The van der Waals surface area contributed by atoms with Crippen LogP contribution in [0.3, 0.4) is 0 Å². The maximum absolute atomic E-state index is 5.02. The van der Waals surface area contributed by atoms with Crippen LogP contribution in [-0.2, 0) is 4.74 Å². The number of nitrogens with one attached hydrogen (secondary N) is 1. The molecule has 1 N–H and O–H groups in total. The van der Waals surface area contributed by atoms with E-state index < -0.39 is 0 Å². The first-order valence-corrected chi connectivity index (χ1v) is 3.59. The van der Waals surface area contributed by atoms with E-state index in [9.17, 15) is 0 Å². The Labute approximate surface area is 67.2 Å². The number of para-hydroxylation sites is 1. The highest BCUT2D eigenvalue weighted by molar-refractivity contribution is 5.41. The van der Waals surface area contributed by atoms with E-state index in [0.29, 0.717) is 0 Å². The summed E-state index contributed by atoms with van der Waals surface area (Å²) in [5.74, 6) is 0. The van der Waals surface area contributed by atoms with E-state index in [-0.39, 0.29) is 6.23 Å². The Balaban J connectivity index is 2.51. The van der Waals surface area contributed by atoms with E-state index in [1.807, 2.05) is 31.2 Å². The number of benzene rings is 1. The van der Waals surface area contributed by atoms with Crippen molar-refractivity contribution in [3.63, 3.8) is 0 Å². The molecule has 0 bridgehead atoms. The Morgan fingerprint density at radius 2 is 2.36 bits per heavy atom. The number of hydrogen-bond acceptors (Lipinski definition) is 2. The van der Waals surface area contributed by atoms with E-state index in [2.05, 4.69) is 11.4 Å². The van der Waals surface area contributed by atoms with Gasteiger partial charge in [0.2, 0.25) is 0 Å². The zero-order chi connectivity index (χ0) is 8.10. The van der Waals surface area contributed by atoms with Gasteiger partial charge in [0, 0.05) is 18.9 Å². The van der Waals surface area contributed by atoms with Crippen molar-refractivity contribution in [1.82, 2.24) is 0 Å². The van der Waals surface area contributed by atoms with Crippen molar-refractivity contribution < 1.29 is 4.74 Å². The topological polar surface area (TPSA) is 21.3 Å². The lowest BCUT2D eigenvalue weighted by atomic mass is 10.3. The van der Waals surface area contributed by atoms with E-state index >= 15 is 0 Å². The van der Waals surface area contributed by atoms with Crippen molar-refractivity contribution in [2.75, 3.05) is 12.4 Å². The van der Waals surface area contributed by atoms with Crippen molar-refractivity contribution in [3.05, 3.63) is 30.3 Å². The smallest absolute Gasteiger partial charge is 0.124 e. The largest absolute Gasteiger partial charge is 0.362 e. The third kappa shape index (κ3) is 2.60. The molecule has 0 saturated heterocycles. The van der Waals surface area contributed by atoms with Crippen LogP contribution in [0.2, 0.25) is 0 Å². The number of anilines is 1. The lowest BCUT2D eigenvalue weighted by molar-refractivity contribution is 0.141. The number of rotatable bonds is 3. The Morgan fingerprint density at radius 1 is 1.55 bits per heavy atom. The molecule has 0 heterocycles. The molecule has 0 saturated carbocycles. The highest BCUT2D eigenvalue weighted by Crippen LogP contribution is 2.05. The van der Waals surface area contributed by atoms with Crippen molar-refractivity contribution in [3.8, 4) is 0 Å². The highest BCUT2D eigenvalue weighted by atomic mass is 16.5. The summed E-state index contributed by atoms with van der Waals surface area (Å²) in [5.41, 5.74) is 0.960. The van der Waals surface area contributed by atoms with Crippen LogP contribution in [0.4, 0.5) is 5.69 Å². The second-order valence-corrected chi connectivity index (χ2v) is 2.30. The molecule has 1 aromatic rings. The van der Waals surface area contributed by atoms with E-state index in [1.54, 1.807) is 7.11 Å². The fraction of sp³-hybridized carbons (Fsp3) is 0.333. The van der Waals surface area contributed by atoms with Crippen molar-refractivity contribution >= 4 is 5.69 Å². The Hall–Kier alpha value is -1.02. The number of hydrogen-bond donors (Lipinski definition) is 1. The molecule has 11 heavy (non-hydrogen) atoms. The highest BCUT2D eigenvalue weighted by Gasteiger charge is 1.96. The molecule has 2 heteroatoms. The maximum Gasteiger partial charge on any atom is 0.124 e. The minimum absolute atomic E-state index is 0.0358. The normalized spacial score (nSPS) is 12.5. The number of ether oxygens (including phenoxy) is 1. The van der Waals surface area contributed by atoms with Crippen molar-refractivity contribution in [2.24, 2.45) is 0 Å². The molecule has 1 atom stereocenters. The van der Waals surface area contributed by atoms with Crippen LogP contribution in [-0.4, -0.2) is 13.3 Å². The SMILES string of the molecule is COC(C)Nc1[c]cccc1. The van der Waals surface area contributed by atoms with Gasteiger partial charge in [0.1, 0.15) is 6.23 Å². The van der Waals surface area contributed by atoms with Crippen LogP contribution in [0.15, 0.2) is 24.3 Å². The zero-order valence-corrected chi connectivity index (χ0v) is 6.79. The van der Waals surface area contributed by atoms with Gasteiger partial charge in [-0.25, -0.2) is 0 Å². The molecule has 1 rings (SSSR count). The molecule has 0 fully saturated rings. The van der Waals surface area contributed by atoms with Gasteiger partial charge in [-0.15, -0.1) is 0 Å². The standard InChI is InChI=1S/C9H12NO/c1-8(11-2)10-9-6-4-3-5-7-9/h3-6,8,10H,1-2H3. The first kappa shape index (κ1) is 8.08. The summed E-state index contributed by atoms with van der Waals surface area (Å²) in [6.07, 6.45) is 0.0358. The maximum atomic E-state index is 5.02. The predicted octanol–water partition coefficient (Wildman–Crippen LogP) is 1.89. The monoisotopic (exact) mass is 150 g/mol. The minimum atomic E-state index is 0.0358. The summed E-state index contributed by atoms with van der Waals surface area (Å²) in [7, 11) is 1.67. The molecule has 0 aliphatic heterocycles. The van der Waals surface area contributed by atoms with Crippen LogP contribution in [0.5, 0.6) is 0 Å². The van der Waals surface area contributed by atoms with Gasteiger partial charge < -0.3 is 10.1 Å². The third-order valence-electron chi connectivity index (χ3n) is 1.42. The second kappa shape index (κ2) is 3.98. The van der Waals surface area contributed by atoms with Gasteiger partial charge in [0.05, 0.1) is 0 Å². The quantitative estimate of drug-likeness (QED) is 0.664. The molecule has 0 spiro atoms. The average Bonchev–Trinajstić information content (AvgIpc) is 2.06. The number of methoxy groups -OCH3 is 1. The lowest BCUT2D eigenvalue weighted by Gasteiger charge is -2.12. The molecule has 0 aromatic heterocycles. The fourth-order valence-corrected chi connectivity index (χ4v) is 0.761. The third-order valence-corrected chi connectivity index (χ3v) is 1.42. The van der Waals surface area contributed by atoms with E-state index in [0.717, 1.165) is 5.69 Å². The fourth-order valence-electron chi connectivity index (χ4n) is 0.761. The van der Waals surface area contributed by atoms with Gasteiger partial charge in [-0.2, -0.15) is 0 Å². The summed E-state index contributed by atoms with van der Waals surface area (Å²) < 4.78 is 5.02. The molecular formula is C9H12NO. The van der Waals surface area contributed by atoms with E-state index in [1.165, 1.54) is 0 Å². The molecule has 0 aliphatic rings. The van der Waals surface area contributed by atoms with Gasteiger partial charge >= 0.3 is 0 Å². The van der Waals surface area contributed by atoms with Crippen molar-refractivity contribution in [2.45, 2.75) is 13.2 Å². The van der Waals surface area contributed by atoms with Gasteiger partial charge in [0.25, 0.3) is 0 Å². The molecule has 0 aliphatic carbocycles. The molecule has 1 radical (unpaired) electrons. The van der Waals surface area contributed by atoms with Crippen LogP contribution in [0, 0.1) is 6.07 Å². The molecule has 59 valence electrons. The van der Waals surface area contributed by atoms with Crippen LogP contribution in [0.1, 0.15) is 6.92 Å². The first-order valence-electron chi connectivity index (χ1n) is 3.59. The molecule has 1 aromatic carbocycles. The Kier molecular flexibility index (Phi) is 2.93.